The minimum absolute atomic E-state index is 0.0160. The number of hydrogen-bond acceptors (Lipinski definition) is 1. The van der Waals surface area contributed by atoms with E-state index >= 15 is 0 Å². The normalized spacial score (nSPS) is 14.6. The summed E-state index contributed by atoms with van der Waals surface area (Å²) in [6.45, 7) is 4.38. The molecule has 2 N–H and O–H groups in total. The first-order valence-corrected chi connectivity index (χ1v) is 7.06. The molecule has 0 saturated carbocycles. The third kappa shape index (κ3) is 3.87. The first-order valence-electron chi connectivity index (χ1n) is 6.31. The van der Waals surface area contributed by atoms with E-state index < -0.39 is 0 Å². The quantitative estimate of drug-likeness (QED) is 0.757. The fourth-order valence-corrected chi connectivity index (χ4v) is 2.57. The summed E-state index contributed by atoms with van der Waals surface area (Å²) in [4.78, 5) is 0. The van der Waals surface area contributed by atoms with E-state index in [1.807, 2.05) is 12.1 Å². The molecule has 0 saturated heterocycles. The highest BCUT2D eigenvalue weighted by molar-refractivity contribution is 6.42. The lowest BCUT2D eigenvalue weighted by Crippen LogP contribution is -2.21. The van der Waals surface area contributed by atoms with E-state index in [9.17, 15) is 0 Å². The highest BCUT2D eigenvalue weighted by atomic mass is 35.5. The SMILES string of the molecule is CCCCC(CC)C(N)c1cccc(Cl)c1Cl. The van der Waals surface area contributed by atoms with Crippen LogP contribution in [0.15, 0.2) is 18.2 Å². The van der Waals surface area contributed by atoms with E-state index in [1.54, 1.807) is 6.07 Å². The summed E-state index contributed by atoms with van der Waals surface area (Å²) >= 11 is 12.2. The molecule has 3 heteroatoms. The summed E-state index contributed by atoms with van der Waals surface area (Å²) in [7, 11) is 0. The van der Waals surface area contributed by atoms with Crippen LogP contribution in [0.4, 0.5) is 0 Å². The molecule has 96 valence electrons. The van der Waals surface area contributed by atoms with Crippen molar-refractivity contribution in [2.24, 2.45) is 11.7 Å². The van der Waals surface area contributed by atoms with Crippen LogP contribution in [-0.2, 0) is 0 Å². The second kappa shape index (κ2) is 7.25. The Hall–Kier alpha value is -0.240. The van der Waals surface area contributed by atoms with E-state index in [4.69, 9.17) is 28.9 Å². The van der Waals surface area contributed by atoms with Crippen LogP contribution in [0.25, 0.3) is 0 Å². The fraction of sp³-hybridized carbons (Fsp3) is 0.571. The van der Waals surface area contributed by atoms with E-state index in [-0.39, 0.29) is 6.04 Å². The van der Waals surface area contributed by atoms with Gasteiger partial charge in [-0.3, -0.25) is 0 Å². The highest BCUT2D eigenvalue weighted by Gasteiger charge is 2.20. The lowest BCUT2D eigenvalue weighted by atomic mass is 9.87. The van der Waals surface area contributed by atoms with Crippen LogP contribution in [0.3, 0.4) is 0 Å². The zero-order chi connectivity index (χ0) is 12.8. The number of unbranched alkanes of at least 4 members (excludes halogenated alkanes) is 1. The molecule has 2 atom stereocenters. The highest BCUT2D eigenvalue weighted by Crippen LogP contribution is 2.34. The van der Waals surface area contributed by atoms with Gasteiger partial charge in [0.2, 0.25) is 0 Å². The zero-order valence-electron chi connectivity index (χ0n) is 10.5. The Morgan fingerprint density at radius 3 is 2.53 bits per heavy atom. The summed E-state index contributed by atoms with van der Waals surface area (Å²) in [6, 6.07) is 5.68. The molecule has 1 nitrogen and oxygen atoms in total. The van der Waals surface area contributed by atoms with Crippen LogP contribution in [0.5, 0.6) is 0 Å². The molecule has 1 aromatic carbocycles. The van der Waals surface area contributed by atoms with Gasteiger partial charge in [-0.25, -0.2) is 0 Å². The van der Waals surface area contributed by atoms with E-state index in [2.05, 4.69) is 13.8 Å². The molecule has 0 aromatic heterocycles. The summed E-state index contributed by atoms with van der Waals surface area (Å²) in [6.07, 6.45) is 4.64. The van der Waals surface area contributed by atoms with Crippen LogP contribution in [0, 0.1) is 5.92 Å². The second-order valence-corrected chi connectivity index (χ2v) is 5.26. The van der Waals surface area contributed by atoms with Crippen LogP contribution in [0.1, 0.15) is 51.1 Å². The van der Waals surface area contributed by atoms with Crippen molar-refractivity contribution < 1.29 is 0 Å². The second-order valence-electron chi connectivity index (χ2n) is 4.48. The number of benzene rings is 1. The van der Waals surface area contributed by atoms with Crippen molar-refractivity contribution >= 4 is 23.2 Å². The van der Waals surface area contributed by atoms with Crippen molar-refractivity contribution in [3.05, 3.63) is 33.8 Å². The predicted octanol–water partition coefficient (Wildman–Crippen LogP) is 5.21. The van der Waals surface area contributed by atoms with Gasteiger partial charge in [0.05, 0.1) is 10.0 Å². The smallest absolute Gasteiger partial charge is 0.0640 e. The predicted molar refractivity (Wildman–Crippen MR) is 76.7 cm³/mol. The van der Waals surface area contributed by atoms with Gasteiger partial charge in [-0.2, -0.15) is 0 Å². The average molecular weight is 274 g/mol. The standard InChI is InChI=1S/C14H21Cl2N/c1-3-5-7-10(4-2)14(17)11-8-6-9-12(15)13(11)16/h6,8-10,14H,3-5,7,17H2,1-2H3. The van der Waals surface area contributed by atoms with Crippen molar-refractivity contribution in [1.82, 2.24) is 0 Å². The van der Waals surface area contributed by atoms with Crippen molar-refractivity contribution in [1.29, 1.82) is 0 Å². The monoisotopic (exact) mass is 273 g/mol. The van der Waals surface area contributed by atoms with Crippen molar-refractivity contribution in [3.8, 4) is 0 Å². The lowest BCUT2D eigenvalue weighted by molar-refractivity contribution is 0.378. The van der Waals surface area contributed by atoms with Crippen LogP contribution < -0.4 is 5.73 Å². The number of nitrogens with two attached hydrogens (primary N) is 1. The Bertz CT molecular complexity index is 352. The van der Waals surface area contributed by atoms with E-state index in [0.717, 1.165) is 18.4 Å². The molecule has 0 aliphatic heterocycles. The Morgan fingerprint density at radius 1 is 1.24 bits per heavy atom. The van der Waals surface area contributed by atoms with Crippen molar-refractivity contribution in [3.63, 3.8) is 0 Å². The molecule has 17 heavy (non-hydrogen) atoms. The maximum absolute atomic E-state index is 6.32. The first kappa shape index (κ1) is 14.8. The van der Waals surface area contributed by atoms with Gasteiger partial charge in [-0.15, -0.1) is 0 Å². The topological polar surface area (TPSA) is 26.0 Å². The van der Waals surface area contributed by atoms with E-state index in [0.29, 0.717) is 16.0 Å². The molecule has 0 heterocycles. The molecule has 0 radical (unpaired) electrons. The van der Waals surface area contributed by atoms with Crippen molar-refractivity contribution in [2.45, 2.75) is 45.6 Å². The van der Waals surface area contributed by atoms with Crippen molar-refractivity contribution in [2.75, 3.05) is 0 Å². The van der Waals surface area contributed by atoms with Gasteiger partial charge in [0.1, 0.15) is 0 Å². The van der Waals surface area contributed by atoms with Gasteiger partial charge in [0.25, 0.3) is 0 Å². The largest absolute Gasteiger partial charge is 0.324 e. The molecule has 0 spiro atoms. The maximum Gasteiger partial charge on any atom is 0.0640 e. The van der Waals surface area contributed by atoms with Crippen LogP contribution in [-0.4, -0.2) is 0 Å². The summed E-state index contributed by atoms with van der Waals surface area (Å²) in [5.41, 5.74) is 7.29. The Labute approximate surface area is 114 Å². The lowest BCUT2D eigenvalue weighted by Gasteiger charge is -2.24. The van der Waals surface area contributed by atoms with Gasteiger partial charge in [-0.05, 0) is 24.0 Å². The molecular formula is C14H21Cl2N. The fourth-order valence-electron chi connectivity index (χ4n) is 2.14. The first-order chi connectivity index (χ1) is 8.11. The molecule has 1 rings (SSSR count). The number of halogens is 2. The Kier molecular flexibility index (Phi) is 6.32. The summed E-state index contributed by atoms with van der Waals surface area (Å²) < 4.78 is 0. The third-order valence-electron chi connectivity index (χ3n) is 3.30. The van der Waals surface area contributed by atoms with Crippen LogP contribution >= 0.6 is 23.2 Å². The van der Waals surface area contributed by atoms with Gasteiger partial charge in [0.15, 0.2) is 0 Å². The van der Waals surface area contributed by atoms with Crippen LogP contribution in [0.2, 0.25) is 10.0 Å². The summed E-state index contributed by atoms with van der Waals surface area (Å²) in [5, 5.41) is 1.20. The third-order valence-corrected chi connectivity index (χ3v) is 4.13. The van der Waals surface area contributed by atoms with Gasteiger partial charge in [-0.1, -0.05) is 68.4 Å². The number of rotatable bonds is 6. The molecule has 2 unspecified atom stereocenters. The zero-order valence-corrected chi connectivity index (χ0v) is 12.1. The Balaban J connectivity index is 2.85. The minimum Gasteiger partial charge on any atom is -0.324 e. The Morgan fingerprint density at radius 2 is 1.94 bits per heavy atom. The number of hydrogen-bond donors (Lipinski definition) is 1. The van der Waals surface area contributed by atoms with Gasteiger partial charge < -0.3 is 5.73 Å². The minimum atomic E-state index is -0.0160. The molecule has 0 aliphatic rings. The summed E-state index contributed by atoms with van der Waals surface area (Å²) in [5.74, 6) is 0.478. The van der Waals surface area contributed by atoms with Gasteiger partial charge >= 0.3 is 0 Å². The molecule has 1 aromatic rings. The molecule has 0 amide bonds. The molecule has 0 bridgehead atoms. The molecule has 0 fully saturated rings. The molecular weight excluding hydrogens is 253 g/mol. The van der Waals surface area contributed by atoms with Gasteiger partial charge in [0, 0.05) is 6.04 Å². The average Bonchev–Trinajstić information content (AvgIpc) is 2.33. The van der Waals surface area contributed by atoms with E-state index in [1.165, 1.54) is 12.8 Å². The maximum atomic E-state index is 6.32. The molecule has 0 aliphatic carbocycles.